The summed E-state index contributed by atoms with van der Waals surface area (Å²) < 4.78 is 2.08. The number of pyridine rings is 1. The molecule has 2 rings (SSSR count). The zero-order valence-corrected chi connectivity index (χ0v) is 8.07. The highest BCUT2D eigenvalue weighted by atomic mass is 14.9. The predicted molar refractivity (Wildman–Crippen MR) is 54.9 cm³/mol. The molecule has 1 atom stereocenters. The minimum atomic E-state index is 0.540. The van der Waals surface area contributed by atoms with Gasteiger partial charge in [-0.25, -0.2) is 4.57 Å². The molecule has 0 fully saturated rings. The molecule has 0 N–H and O–H groups in total. The zero-order chi connectivity index (χ0) is 9.26. The summed E-state index contributed by atoms with van der Waals surface area (Å²) in [5.74, 6) is 0.540. The number of rotatable bonds is 0. The van der Waals surface area contributed by atoms with E-state index in [1.807, 2.05) is 7.05 Å². The van der Waals surface area contributed by atoms with Crippen LogP contribution in [0.15, 0.2) is 30.6 Å². The molecule has 1 aliphatic carbocycles. The van der Waals surface area contributed by atoms with Crippen molar-refractivity contribution in [1.82, 2.24) is 0 Å². The van der Waals surface area contributed by atoms with Crippen LogP contribution < -0.4 is 4.57 Å². The molecule has 0 amide bonds. The molecule has 1 unspecified atom stereocenters. The van der Waals surface area contributed by atoms with E-state index in [9.17, 15) is 0 Å². The molecule has 1 nitrogen and oxygen atoms in total. The van der Waals surface area contributed by atoms with Gasteiger partial charge in [-0.15, -0.1) is 0 Å². The third-order valence-electron chi connectivity index (χ3n) is 2.32. The first kappa shape index (κ1) is 8.24. The second-order valence-corrected chi connectivity index (χ2v) is 3.60. The SMILES string of the molecule is CC1C=Cc2cc[n+](C)cc2C=C1. The van der Waals surface area contributed by atoms with Gasteiger partial charge in [0.25, 0.3) is 0 Å². The standard InChI is InChI=1S/C12H14N/c1-10-3-5-11-7-8-13(2)9-12(11)6-4-10/h3-10H,1-2H3/q+1. The van der Waals surface area contributed by atoms with Gasteiger partial charge < -0.3 is 0 Å². The number of nitrogens with zero attached hydrogens (tertiary/aromatic N) is 1. The van der Waals surface area contributed by atoms with Crippen molar-refractivity contribution in [2.75, 3.05) is 0 Å². The van der Waals surface area contributed by atoms with Gasteiger partial charge in [0.2, 0.25) is 0 Å². The zero-order valence-electron chi connectivity index (χ0n) is 8.07. The Hall–Kier alpha value is -1.37. The minimum Gasteiger partial charge on any atom is -0.207 e. The van der Waals surface area contributed by atoms with Crippen molar-refractivity contribution in [3.05, 3.63) is 41.7 Å². The molecule has 0 saturated carbocycles. The minimum absolute atomic E-state index is 0.540. The molecular weight excluding hydrogens is 158 g/mol. The fourth-order valence-corrected chi connectivity index (χ4v) is 1.50. The summed E-state index contributed by atoms with van der Waals surface area (Å²) in [6, 6.07) is 2.15. The summed E-state index contributed by atoms with van der Waals surface area (Å²) >= 11 is 0. The molecule has 0 radical (unpaired) electrons. The van der Waals surface area contributed by atoms with E-state index in [0.717, 1.165) is 0 Å². The van der Waals surface area contributed by atoms with E-state index in [1.165, 1.54) is 11.1 Å². The lowest BCUT2D eigenvalue weighted by molar-refractivity contribution is -0.671. The second kappa shape index (κ2) is 3.17. The van der Waals surface area contributed by atoms with Crippen LogP contribution in [0.2, 0.25) is 0 Å². The monoisotopic (exact) mass is 172 g/mol. The Kier molecular flexibility index (Phi) is 2.01. The molecule has 0 aliphatic heterocycles. The van der Waals surface area contributed by atoms with Crippen molar-refractivity contribution in [2.45, 2.75) is 6.92 Å². The second-order valence-electron chi connectivity index (χ2n) is 3.60. The van der Waals surface area contributed by atoms with Gasteiger partial charge in [-0.05, 0) is 11.5 Å². The molecule has 0 aromatic carbocycles. The first-order valence-electron chi connectivity index (χ1n) is 4.61. The molecule has 1 heterocycles. The van der Waals surface area contributed by atoms with Gasteiger partial charge in [0.05, 0.1) is 0 Å². The van der Waals surface area contributed by atoms with Gasteiger partial charge in [0, 0.05) is 11.6 Å². The van der Waals surface area contributed by atoms with Gasteiger partial charge in [-0.1, -0.05) is 31.2 Å². The first-order chi connectivity index (χ1) is 6.25. The quantitative estimate of drug-likeness (QED) is 0.528. The van der Waals surface area contributed by atoms with E-state index in [-0.39, 0.29) is 0 Å². The summed E-state index contributed by atoms with van der Waals surface area (Å²) in [6.45, 7) is 2.19. The van der Waals surface area contributed by atoms with Crippen molar-refractivity contribution < 1.29 is 4.57 Å². The van der Waals surface area contributed by atoms with Crippen LogP contribution in [0.5, 0.6) is 0 Å². The Balaban J connectivity index is 2.53. The molecule has 0 bridgehead atoms. The van der Waals surface area contributed by atoms with Crippen LogP contribution in [0.25, 0.3) is 12.2 Å². The van der Waals surface area contributed by atoms with E-state index < -0.39 is 0 Å². The highest BCUT2D eigenvalue weighted by molar-refractivity contribution is 5.66. The van der Waals surface area contributed by atoms with E-state index in [1.54, 1.807) is 0 Å². The Labute approximate surface area is 79.0 Å². The predicted octanol–water partition coefficient (Wildman–Crippen LogP) is 2.19. The molecule has 1 aliphatic rings. The normalized spacial score (nSPS) is 19.7. The summed E-state index contributed by atoms with van der Waals surface area (Å²) in [4.78, 5) is 0. The van der Waals surface area contributed by atoms with E-state index in [4.69, 9.17) is 0 Å². The topological polar surface area (TPSA) is 3.88 Å². The lowest BCUT2D eigenvalue weighted by Gasteiger charge is -1.95. The van der Waals surface area contributed by atoms with Gasteiger partial charge in [-0.3, -0.25) is 0 Å². The lowest BCUT2D eigenvalue weighted by atomic mass is 10.1. The highest BCUT2D eigenvalue weighted by Gasteiger charge is 2.05. The third kappa shape index (κ3) is 1.69. The van der Waals surface area contributed by atoms with Crippen LogP contribution in [0.4, 0.5) is 0 Å². The lowest BCUT2D eigenvalue weighted by Crippen LogP contribution is -2.26. The number of allylic oxidation sites excluding steroid dienone is 2. The van der Waals surface area contributed by atoms with Crippen molar-refractivity contribution in [3.8, 4) is 0 Å². The Morgan fingerprint density at radius 2 is 1.85 bits per heavy atom. The van der Waals surface area contributed by atoms with Gasteiger partial charge in [0.15, 0.2) is 12.4 Å². The molecule has 1 heteroatoms. The summed E-state index contributed by atoms with van der Waals surface area (Å²) in [6.07, 6.45) is 13.1. The number of hydrogen-bond acceptors (Lipinski definition) is 0. The van der Waals surface area contributed by atoms with E-state index in [0.29, 0.717) is 5.92 Å². The van der Waals surface area contributed by atoms with Crippen LogP contribution in [0.3, 0.4) is 0 Å². The van der Waals surface area contributed by atoms with Crippen molar-refractivity contribution >= 4 is 12.2 Å². The maximum Gasteiger partial charge on any atom is 0.176 e. The summed E-state index contributed by atoms with van der Waals surface area (Å²) in [5, 5.41) is 0. The van der Waals surface area contributed by atoms with E-state index in [2.05, 4.69) is 54.3 Å². The Morgan fingerprint density at radius 1 is 1.15 bits per heavy atom. The molecule has 66 valence electrons. The molecule has 0 spiro atoms. The molecule has 1 aromatic heterocycles. The van der Waals surface area contributed by atoms with Crippen molar-refractivity contribution in [2.24, 2.45) is 13.0 Å². The summed E-state index contributed by atoms with van der Waals surface area (Å²) in [5.41, 5.74) is 2.60. The summed E-state index contributed by atoms with van der Waals surface area (Å²) in [7, 11) is 2.05. The maximum absolute atomic E-state index is 2.22. The van der Waals surface area contributed by atoms with Crippen molar-refractivity contribution in [3.63, 3.8) is 0 Å². The Morgan fingerprint density at radius 3 is 2.62 bits per heavy atom. The molecule has 1 aromatic rings. The molecular formula is C12H14N+. The fourth-order valence-electron chi connectivity index (χ4n) is 1.50. The number of aryl methyl sites for hydroxylation is 1. The van der Waals surface area contributed by atoms with Gasteiger partial charge in [0.1, 0.15) is 7.05 Å². The number of aromatic nitrogens is 1. The highest BCUT2D eigenvalue weighted by Crippen LogP contribution is 2.17. The van der Waals surface area contributed by atoms with Crippen LogP contribution >= 0.6 is 0 Å². The molecule has 13 heavy (non-hydrogen) atoms. The van der Waals surface area contributed by atoms with E-state index >= 15 is 0 Å². The van der Waals surface area contributed by atoms with Crippen LogP contribution in [-0.2, 0) is 7.05 Å². The van der Waals surface area contributed by atoms with Crippen LogP contribution in [-0.4, -0.2) is 0 Å². The Bertz CT molecular complexity index is 375. The van der Waals surface area contributed by atoms with Crippen LogP contribution in [0, 0.1) is 5.92 Å². The average molecular weight is 172 g/mol. The fraction of sp³-hybridized carbons (Fsp3) is 0.250. The average Bonchev–Trinajstić information content (AvgIpc) is 2.29. The first-order valence-corrected chi connectivity index (χ1v) is 4.61. The number of hydrogen-bond donors (Lipinski definition) is 0. The smallest absolute Gasteiger partial charge is 0.176 e. The van der Waals surface area contributed by atoms with Gasteiger partial charge in [-0.2, -0.15) is 0 Å². The molecule has 0 saturated heterocycles. The van der Waals surface area contributed by atoms with Gasteiger partial charge >= 0.3 is 0 Å². The largest absolute Gasteiger partial charge is 0.207 e. The maximum atomic E-state index is 2.22. The van der Waals surface area contributed by atoms with Crippen LogP contribution in [0.1, 0.15) is 18.1 Å². The third-order valence-corrected chi connectivity index (χ3v) is 2.32. The van der Waals surface area contributed by atoms with Crippen molar-refractivity contribution in [1.29, 1.82) is 0 Å². The number of fused-ring (bicyclic) bond motifs is 1.